The molecular weight excluding hydrogens is 254 g/mol. The van der Waals surface area contributed by atoms with E-state index in [1.165, 1.54) is 12.8 Å². The molecule has 2 rings (SSSR count). The van der Waals surface area contributed by atoms with Gasteiger partial charge in [-0.15, -0.1) is 0 Å². The van der Waals surface area contributed by atoms with Crippen LogP contribution in [0.2, 0.25) is 0 Å². The van der Waals surface area contributed by atoms with Crippen molar-refractivity contribution in [2.24, 2.45) is 0 Å². The number of carboxylic acids is 1. The molecule has 0 radical (unpaired) electrons. The lowest BCUT2D eigenvalue weighted by molar-refractivity contribution is 0.0381. The zero-order valence-corrected chi connectivity index (χ0v) is 12.0. The molecule has 1 aliphatic carbocycles. The van der Waals surface area contributed by atoms with Gasteiger partial charge in [-0.3, -0.25) is 0 Å². The van der Waals surface area contributed by atoms with Gasteiger partial charge in [-0.2, -0.15) is 0 Å². The number of hydrogen-bond donors (Lipinski definition) is 3. The fourth-order valence-corrected chi connectivity index (χ4v) is 2.84. The number of hydrogen-bond acceptors (Lipinski definition) is 3. The highest BCUT2D eigenvalue weighted by Gasteiger charge is 2.27. The van der Waals surface area contributed by atoms with Crippen molar-refractivity contribution in [3.63, 3.8) is 0 Å². The molecule has 0 atom stereocenters. The molecule has 3 N–H and O–H groups in total. The van der Waals surface area contributed by atoms with Crippen LogP contribution >= 0.6 is 0 Å². The highest BCUT2D eigenvalue weighted by Crippen LogP contribution is 2.27. The van der Waals surface area contributed by atoms with Crippen molar-refractivity contribution >= 4 is 11.7 Å². The van der Waals surface area contributed by atoms with Crippen LogP contribution in [0.5, 0.6) is 0 Å². The van der Waals surface area contributed by atoms with E-state index < -0.39 is 11.6 Å². The third kappa shape index (κ3) is 3.73. The molecule has 0 heterocycles. The van der Waals surface area contributed by atoms with Crippen LogP contribution < -0.4 is 5.32 Å². The molecule has 1 aliphatic rings. The van der Waals surface area contributed by atoms with Gasteiger partial charge in [0.05, 0.1) is 11.2 Å². The van der Waals surface area contributed by atoms with Crippen LogP contribution in [0.15, 0.2) is 18.2 Å². The third-order valence-corrected chi connectivity index (χ3v) is 4.11. The molecule has 4 nitrogen and oxygen atoms in total. The van der Waals surface area contributed by atoms with Crippen LogP contribution in [0.3, 0.4) is 0 Å². The van der Waals surface area contributed by atoms with Gasteiger partial charge in [-0.05, 0) is 43.5 Å². The number of aliphatic hydroxyl groups is 1. The van der Waals surface area contributed by atoms with E-state index in [9.17, 15) is 9.90 Å². The number of nitrogens with one attached hydrogen (secondary N) is 1. The molecule has 0 spiro atoms. The lowest BCUT2D eigenvalue weighted by atomic mass is 9.94. The standard InChI is InChI=1S/C16H23NO3/c1-12-10-13(6-7-14(12)15(18)19)17-11-16(20)8-4-2-3-5-9-16/h6-7,10,17,20H,2-5,8-9,11H2,1H3,(H,18,19). The maximum absolute atomic E-state index is 11.0. The summed E-state index contributed by atoms with van der Waals surface area (Å²) in [6, 6.07) is 5.19. The molecule has 0 aromatic heterocycles. The summed E-state index contributed by atoms with van der Waals surface area (Å²) in [6.45, 7) is 2.31. The molecule has 20 heavy (non-hydrogen) atoms. The minimum atomic E-state index is -0.906. The van der Waals surface area contributed by atoms with E-state index in [2.05, 4.69) is 5.32 Å². The molecule has 0 aliphatic heterocycles. The Labute approximate surface area is 119 Å². The highest BCUT2D eigenvalue weighted by molar-refractivity contribution is 5.89. The van der Waals surface area contributed by atoms with E-state index >= 15 is 0 Å². The third-order valence-electron chi connectivity index (χ3n) is 4.11. The van der Waals surface area contributed by atoms with Crippen LogP contribution in [0.25, 0.3) is 0 Å². The Morgan fingerprint density at radius 2 is 1.90 bits per heavy atom. The molecule has 1 saturated carbocycles. The largest absolute Gasteiger partial charge is 0.478 e. The number of carbonyl (C=O) groups is 1. The van der Waals surface area contributed by atoms with Crippen molar-refractivity contribution in [3.8, 4) is 0 Å². The quantitative estimate of drug-likeness (QED) is 0.739. The van der Waals surface area contributed by atoms with Gasteiger partial charge in [0.2, 0.25) is 0 Å². The van der Waals surface area contributed by atoms with Crippen molar-refractivity contribution in [1.82, 2.24) is 0 Å². The van der Waals surface area contributed by atoms with Gasteiger partial charge in [0, 0.05) is 12.2 Å². The van der Waals surface area contributed by atoms with Gasteiger partial charge < -0.3 is 15.5 Å². The second kappa shape index (κ2) is 6.27. The Kier molecular flexibility index (Phi) is 4.65. The lowest BCUT2D eigenvalue weighted by Crippen LogP contribution is -2.36. The van der Waals surface area contributed by atoms with Crippen molar-refractivity contribution in [2.75, 3.05) is 11.9 Å². The molecule has 4 heteroatoms. The normalized spacial score (nSPS) is 18.3. The van der Waals surface area contributed by atoms with Gasteiger partial charge in [-0.25, -0.2) is 4.79 Å². The summed E-state index contributed by atoms with van der Waals surface area (Å²) < 4.78 is 0. The molecule has 0 unspecified atom stereocenters. The SMILES string of the molecule is Cc1cc(NCC2(O)CCCCCC2)ccc1C(=O)O. The molecule has 110 valence electrons. The average molecular weight is 277 g/mol. The van der Waals surface area contributed by atoms with Crippen molar-refractivity contribution in [3.05, 3.63) is 29.3 Å². The second-order valence-electron chi connectivity index (χ2n) is 5.83. The van der Waals surface area contributed by atoms with Crippen LogP contribution in [-0.2, 0) is 0 Å². The fourth-order valence-electron chi connectivity index (χ4n) is 2.84. The first kappa shape index (κ1) is 14.9. The molecule has 0 bridgehead atoms. The van der Waals surface area contributed by atoms with Gasteiger partial charge in [-0.1, -0.05) is 25.7 Å². The van der Waals surface area contributed by atoms with Crippen LogP contribution in [0.1, 0.15) is 54.4 Å². The van der Waals surface area contributed by atoms with E-state index in [1.54, 1.807) is 19.1 Å². The number of rotatable bonds is 4. The molecule has 0 saturated heterocycles. The molecule has 1 aromatic carbocycles. The highest BCUT2D eigenvalue weighted by atomic mass is 16.4. The van der Waals surface area contributed by atoms with Gasteiger partial charge in [0.1, 0.15) is 0 Å². The Hall–Kier alpha value is -1.55. The zero-order chi connectivity index (χ0) is 14.6. The summed E-state index contributed by atoms with van der Waals surface area (Å²) in [5.74, 6) is -0.906. The summed E-state index contributed by atoms with van der Waals surface area (Å²) in [7, 11) is 0. The van der Waals surface area contributed by atoms with E-state index in [-0.39, 0.29) is 0 Å². The monoisotopic (exact) mass is 277 g/mol. The van der Waals surface area contributed by atoms with Gasteiger partial charge in [0.15, 0.2) is 0 Å². The lowest BCUT2D eigenvalue weighted by Gasteiger charge is -2.27. The summed E-state index contributed by atoms with van der Waals surface area (Å²) >= 11 is 0. The Balaban J connectivity index is 1.99. The minimum Gasteiger partial charge on any atom is -0.478 e. The van der Waals surface area contributed by atoms with Gasteiger partial charge >= 0.3 is 5.97 Å². The van der Waals surface area contributed by atoms with Crippen molar-refractivity contribution in [2.45, 2.75) is 51.0 Å². The number of anilines is 1. The summed E-state index contributed by atoms with van der Waals surface area (Å²) in [6.07, 6.45) is 6.24. The van der Waals surface area contributed by atoms with Crippen LogP contribution in [-0.4, -0.2) is 28.3 Å². The summed E-state index contributed by atoms with van der Waals surface area (Å²) in [4.78, 5) is 11.0. The summed E-state index contributed by atoms with van der Waals surface area (Å²) in [5.41, 5.74) is 1.29. The van der Waals surface area contributed by atoms with E-state index in [0.717, 1.165) is 36.9 Å². The number of carboxylic acid groups (broad SMARTS) is 1. The van der Waals surface area contributed by atoms with E-state index in [4.69, 9.17) is 5.11 Å². The smallest absolute Gasteiger partial charge is 0.335 e. The van der Waals surface area contributed by atoms with Crippen LogP contribution in [0.4, 0.5) is 5.69 Å². The summed E-state index contributed by atoms with van der Waals surface area (Å²) in [5, 5.41) is 22.8. The first-order valence-corrected chi connectivity index (χ1v) is 7.30. The topological polar surface area (TPSA) is 69.6 Å². The first-order valence-electron chi connectivity index (χ1n) is 7.30. The van der Waals surface area contributed by atoms with E-state index in [0.29, 0.717) is 12.1 Å². The maximum Gasteiger partial charge on any atom is 0.335 e. The fraction of sp³-hybridized carbons (Fsp3) is 0.562. The zero-order valence-electron chi connectivity index (χ0n) is 12.0. The molecule has 1 fully saturated rings. The molecular formula is C16H23NO3. The molecule has 1 aromatic rings. The number of aryl methyl sites for hydroxylation is 1. The first-order chi connectivity index (χ1) is 9.50. The number of benzene rings is 1. The Morgan fingerprint density at radius 3 is 2.45 bits per heavy atom. The number of aromatic carboxylic acids is 1. The van der Waals surface area contributed by atoms with Crippen molar-refractivity contribution < 1.29 is 15.0 Å². The average Bonchev–Trinajstić information content (AvgIpc) is 2.61. The Bertz CT molecular complexity index is 477. The Morgan fingerprint density at radius 1 is 1.25 bits per heavy atom. The predicted molar refractivity (Wildman–Crippen MR) is 79.3 cm³/mol. The minimum absolute atomic E-state index is 0.323. The van der Waals surface area contributed by atoms with Gasteiger partial charge in [0.25, 0.3) is 0 Å². The van der Waals surface area contributed by atoms with Crippen LogP contribution in [0, 0.1) is 6.92 Å². The maximum atomic E-state index is 11.0. The second-order valence-corrected chi connectivity index (χ2v) is 5.83. The van der Waals surface area contributed by atoms with E-state index in [1.807, 2.05) is 6.07 Å². The van der Waals surface area contributed by atoms with Crippen molar-refractivity contribution in [1.29, 1.82) is 0 Å². The predicted octanol–water partition coefficient (Wildman–Crippen LogP) is 3.19. The molecule has 0 amide bonds.